The van der Waals surface area contributed by atoms with Crippen molar-refractivity contribution in [3.05, 3.63) is 69.5 Å². The monoisotopic (exact) mass is 414 g/mol. The first kappa shape index (κ1) is 18.1. The van der Waals surface area contributed by atoms with Gasteiger partial charge in [0.1, 0.15) is 18.7 Å². The van der Waals surface area contributed by atoms with Crippen LogP contribution in [0.15, 0.2) is 53.4 Å². The number of nitrogens with one attached hydrogen (secondary N) is 1. The number of amides is 1. The number of nitrogens with zero attached hydrogens (tertiary/aromatic N) is 5. The van der Waals surface area contributed by atoms with Crippen LogP contribution in [0.1, 0.15) is 15.9 Å². The Bertz CT molecular complexity index is 1080. The van der Waals surface area contributed by atoms with Crippen LogP contribution in [0.5, 0.6) is 5.75 Å². The molecule has 28 heavy (non-hydrogen) atoms. The number of hydrogen-bond donors (Lipinski definition) is 1. The van der Waals surface area contributed by atoms with Crippen molar-refractivity contribution >= 4 is 41.4 Å². The molecule has 1 aliphatic heterocycles. The van der Waals surface area contributed by atoms with Crippen molar-refractivity contribution in [2.24, 2.45) is 5.10 Å². The molecule has 1 amide bonds. The summed E-state index contributed by atoms with van der Waals surface area (Å²) in [5.41, 5.74) is 5.20. The molecule has 8 nitrogen and oxygen atoms in total. The number of benzene rings is 2. The Morgan fingerprint density at radius 2 is 2.07 bits per heavy atom. The Morgan fingerprint density at radius 1 is 1.25 bits per heavy atom. The molecular weight excluding hydrogens is 403 g/mol. The Hall–Kier alpha value is -3.23. The molecule has 0 saturated heterocycles. The first-order valence-electron chi connectivity index (χ1n) is 8.09. The molecule has 0 saturated carbocycles. The van der Waals surface area contributed by atoms with Gasteiger partial charge in [-0.3, -0.25) is 4.79 Å². The molecule has 2 heterocycles. The maximum absolute atomic E-state index is 12.2. The average Bonchev–Trinajstić information content (AvgIpc) is 3.22. The maximum Gasteiger partial charge on any atom is 0.271 e. The van der Waals surface area contributed by atoms with Gasteiger partial charge in [0.2, 0.25) is 0 Å². The number of carbonyl (C=O) groups is 1. The summed E-state index contributed by atoms with van der Waals surface area (Å²) in [5.74, 6) is 0.234. The highest BCUT2D eigenvalue weighted by atomic mass is 35.5. The van der Waals surface area contributed by atoms with Crippen LogP contribution in [0.3, 0.4) is 0 Å². The minimum atomic E-state index is -0.344. The minimum Gasteiger partial charge on any atom is -0.487 e. The van der Waals surface area contributed by atoms with Gasteiger partial charge in [-0.25, -0.2) is 10.1 Å². The standard InChI is InChI=1S/C18H12Cl2N6O2/c19-14-6-13-5-11(9-28-17(13)16(20)7-14)8-21-23-18(27)12-1-3-15(4-2-12)26-10-22-24-25-26/h1-8,10H,9H2,(H,23,27)/b21-8+. The van der Waals surface area contributed by atoms with E-state index >= 15 is 0 Å². The highest BCUT2D eigenvalue weighted by Gasteiger charge is 2.15. The van der Waals surface area contributed by atoms with E-state index in [4.69, 9.17) is 27.9 Å². The Morgan fingerprint density at radius 3 is 2.82 bits per heavy atom. The van der Waals surface area contributed by atoms with Gasteiger partial charge in [0.25, 0.3) is 5.91 Å². The fraction of sp³-hybridized carbons (Fsp3) is 0.0556. The number of rotatable bonds is 4. The van der Waals surface area contributed by atoms with Gasteiger partial charge in [0.15, 0.2) is 0 Å². The number of ether oxygens (including phenoxy) is 1. The predicted molar refractivity (Wildman–Crippen MR) is 105 cm³/mol. The summed E-state index contributed by atoms with van der Waals surface area (Å²) in [6.07, 6.45) is 4.84. The zero-order chi connectivity index (χ0) is 19.5. The summed E-state index contributed by atoms with van der Waals surface area (Å²) in [5, 5.41) is 15.9. The molecule has 0 spiro atoms. The van der Waals surface area contributed by atoms with E-state index in [1.54, 1.807) is 36.4 Å². The quantitative estimate of drug-likeness (QED) is 0.522. The molecular formula is C18H12Cl2N6O2. The molecule has 0 bridgehead atoms. The van der Waals surface area contributed by atoms with E-state index in [-0.39, 0.29) is 12.5 Å². The van der Waals surface area contributed by atoms with Crippen LogP contribution in [0.25, 0.3) is 11.8 Å². The van der Waals surface area contributed by atoms with Crippen LogP contribution < -0.4 is 10.2 Å². The highest BCUT2D eigenvalue weighted by molar-refractivity contribution is 6.36. The SMILES string of the molecule is O=C(N/N=C/C1=Cc2cc(Cl)cc(Cl)c2OC1)c1ccc(-n2cnnn2)cc1. The average molecular weight is 415 g/mol. The van der Waals surface area contributed by atoms with E-state index in [1.165, 1.54) is 17.2 Å². The summed E-state index contributed by atoms with van der Waals surface area (Å²) in [7, 11) is 0. The molecule has 0 aliphatic carbocycles. The fourth-order valence-electron chi connectivity index (χ4n) is 2.59. The van der Waals surface area contributed by atoms with Crippen LogP contribution >= 0.6 is 23.2 Å². The molecule has 0 fully saturated rings. The highest BCUT2D eigenvalue weighted by Crippen LogP contribution is 2.36. The lowest BCUT2D eigenvalue weighted by Crippen LogP contribution is -2.18. The predicted octanol–water partition coefficient (Wildman–Crippen LogP) is 3.16. The second kappa shape index (κ2) is 7.79. The lowest BCUT2D eigenvalue weighted by atomic mass is 10.1. The minimum absolute atomic E-state index is 0.286. The van der Waals surface area contributed by atoms with Crippen LogP contribution in [-0.4, -0.2) is 38.9 Å². The van der Waals surface area contributed by atoms with Crippen molar-refractivity contribution in [3.63, 3.8) is 0 Å². The summed E-state index contributed by atoms with van der Waals surface area (Å²) in [4.78, 5) is 12.2. The van der Waals surface area contributed by atoms with E-state index in [1.807, 2.05) is 6.08 Å². The number of carbonyl (C=O) groups excluding carboxylic acids is 1. The van der Waals surface area contributed by atoms with Crippen molar-refractivity contribution in [2.45, 2.75) is 0 Å². The Labute approximate surface area is 169 Å². The number of tetrazole rings is 1. The van der Waals surface area contributed by atoms with Crippen LogP contribution in [0.2, 0.25) is 10.0 Å². The van der Waals surface area contributed by atoms with Gasteiger partial charge in [0.05, 0.1) is 16.9 Å². The first-order valence-corrected chi connectivity index (χ1v) is 8.85. The number of hydrazone groups is 1. The van der Waals surface area contributed by atoms with E-state index in [2.05, 4.69) is 26.1 Å². The molecule has 4 rings (SSSR count). The third-order valence-corrected chi connectivity index (χ3v) is 4.40. The van der Waals surface area contributed by atoms with Crippen LogP contribution in [0, 0.1) is 0 Å². The normalized spacial score (nSPS) is 13.0. The molecule has 3 aromatic rings. The van der Waals surface area contributed by atoms with Gasteiger partial charge in [-0.15, -0.1) is 5.10 Å². The smallest absolute Gasteiger partial charge is 0.271 e. The van der Waals surface area contributed by atoms with E-state index in [9.17, 15) is 4.79 Å². The Balaban J connectivity index is 1.42. The van der Waals surface area contributed by atoms with Crippen molar-refractivity contribution in [1.29, 1.82) is 0 Å². The lowest BCUT2D eigenvalue weighted by molar-refractivity contribution is 0.0955. The Kier molecular flexibility index (Phi) is 5.05. The zero-order valence-corrected chi connectivity index (χ0v) is 15.7. The molecule has 1 N–H and O–H groups in total. The summed E-state index contributed by atoms with van der Waals surface area (Å²) in [6, 6.07) is 10.2. The largest absolute Gasteiger partial charge is 0.487 e. The van der Waals surface area contributed by atoms with Gasteiger partial charge in [-0.05, 0) is 52.9 Å². The molecule has 0 radical (unpaired) electrons. The van der Waals surface area contributed by atoms with E-state index < -0.39 is 0 Å². The van der Waals surface area contributed by atoms with Gasteiger partial charge < -0.3 is 4.74 Å². The third kappa shape index (κ3) is 3.88. The second-order valence-electron chi connectivity index (χ2n) is 5.81. The molecule has 0 atom stereocenters. The molecule has 1 aromatic heterocycles. The van der Waals surface area contributed by atoms with Gasteiger partial charge >= 0.3 is 0 Å². The van der Waals surface area contributed by atoms with Crippen molar-refractivity contribution in [1.82, 2.24) is 25.6 Å². The number of fused-ring (bicyclic) bond motifs is 1. The first-order chi connectivity index (χ1) is 13.6. The molecule has 0 unspecified atom stereocenters. The van der Waals surface area contributed by atoms with E-state index in [0.717, 1.165) is 16.8 Å². The lowest BCUT2D eigenvalue weighted by Gasteiger charge is -2.17. The molecule has 10 heteroatoms. The number of halogens is 2. The van der Waals surface area contributed by atoms with Gasteiger partial charge in [-0.1, -0.05) is 23.2 Å². The number of hydrogen-bond acceptors (Lipinski definition) is 6. The van der Waals surface area contributed by atoms with Crippen LogP contribution in [0.4, 0.5) is 0 Å². The van der Waals surface area contributed by atoms with Crippen molar-refractivity contribution < 1.29 is 9.53 Å². The van der Waals surface area contributed by atoms with Gasteiger partial charge in [-0.2, -0.15) is 5.10 Å². The summed E-state index contributed by atoms with van der Waals surface area (Å²) >= 11 is 12.1. The van der Waals surface area contributed by atoms with Gasteiger partial charge in [0, 0.05) is 21.7 Å². The summed E-state index contributed by atoms with van der Waals surface area (Å²) < 4.78 is 7.12. The third-order valence-electron chi connectivity index (χ3n) is 3.90. The second-order valence-corrected chi connectivity index (χ2v) is 6.66. The molecule has 2 aromatic carbocycles. The van der Waals surface area contributed by atoms with Crippen LogP contribution in [-0.2, 0) is 0 Å². The fourth-order valence-corrected chi connectivity index (χ4v) is 3.16. The van der Waals surface area contributed by atoms with Crippen molar-refractivity contribution in [3.8, 4) is 11.4 Å². The number of aromatic nitrogens is 4. The zero-order valence-electron chi connectivity index (χ0n) is 14.2. The molecule has 140 valence electrons. The maximum atomic E-state index is 12.2. The van der Waals surface area contributed by atoms with E-state index in [0.29, 0.717) is 21.4 Å². The van der Waals surface area contributed by atoms with Crippen molar-refractivity contribution in [2.75, 3.05) is 6.61 Å². The topological polar surface area (TPSA) is 94.3 Å². The summed E-state index contributed by atoms with van der Waals surface area (Å²) in [6.45, 7) is 0.286. The molecule has 1 aliphatic rings.